The largest absolute Gasteiger partial charge is 0.478 e. The van der Waals surface area contributed by atoms with E-state index in [1.165, 1.54) is 32.1 Å². The molecule has 2 N–H and O–H groups in total. The Balaban J connectivity index is 1.83. The molecule has 0 aromatic heterocycles. The summed E-state index contributed by atoms with van der Waals surface area (Å²) in [5.74, 6) is 0.0424. The zero-order valence-electron chi connectivity index (χ0n) is 11.6. The van der Waals surface area contributed by atoms with Crippen molar-refractivity contribution in [2.45, 2.75) is 45.4 Å². The smallest absolute Gasteiger partial charge is 0.337 e. The van der Waals surface area contributed by atoms with Crippen LogP contribution in [0.2, 0.25) is 0 Å². The lowest BCUT2D eigenvalue weighted by molar-refractivity contribution is 0.0698. The van der Waals surface area contributed by atoms with Crippen LogP contribution < -0.4 is 5.32 Å². The summed E-state index contributed by atoms with van der Waals surface area (Å²) in [7, 11) is 0. The fraction of sp³-hybridized carbons (Fsp3) is 0.562. The van der Waals surface area contributed by atoms with Crippen LogP contribution in [0.15, 0.2) is 18.2 Å². The molecule has 1 fully saturated rings. The second-order valence-corrected chi connectivity index (χ2v) is 5.57. The molecule has 1 saturated carbocycles. The maximum Gasteiger partial charge on any atom is 0.337 e. The Morgan fingerprint density at radius 3 is 2.79 bits per heavy atom. The van der Waals surface area contributed by atoms with E-state index in [0.29, 0.717) is 5.56 Å². The van der Waals surface area contributed by atoms with E-state index >= 15 is 0 Å². The highest BCUT2D eigenvalue weighted by molar-refractivity contribution is 5.94. The maximum atomic E-state index is 11.2. The molecule has 0 amide bonds. The summed E-state index contributed by atoms with van der Waals surface area (Å²) in [6.07, 6.45) is 7.92. The predicted molar refractivity (Wildman–Crippen MR) is 77.8 cm³/mol. The van der Waals surface area contributed by atoms with Crippen LogP contribution in [-0.4, -0.2) is 17.6 Å². The van der Waals surface area contributed by atoms with E-state index < -0.39 is 5.97 Å². The number of carboxylic acids is 1. The van der Waals surface area contributed by atoms with Gasteiger partial charge in [-0.1, -0.05) is 37.3 Å². The molecule has 0 radical (unpaired) electrons. The minimum absolute atomic E-state index is 0.376. The number of aromatic carboxylic acids is 1. The third-order valence-electron chi connectivity index (χ3n) is 3.98. The molecular weight excluding hydrogens is 238 g/mol. The van der Waals surface area contributed by atoms with Crippen molar-refractivity contribution in [1.29, 1.82) is 0 Å². The van der Waals surface area contributed by atoms with Gasteiger partial charge in [-0.2, -0.15) is 0 Å². The van der Waals surface area contributed by atoms with E-state index in [1.807, 2.05) is 19.1 Å². The molecule has 0 saturated heterocycles. The first-order valence-electron chi connectivity index (χ1n) is 7.24. The van der Waals surface area contributed by atoms with Gasteiger partial charge in [0.15, 0.2) is 0 Å². The van der Waals surface area contributed by atoms with Crippen LogP contribution in [0.4, 0.5) is 5.69 Å². The van der Waals surface area contributed by atoms with Gasteiger partial charge < -0.3 is 10.4 Å². The van der Waals surface area contributed by atoms with Gasteiger partial charge in [-0.25, -0.2) is 4.79 Å². The number of aryl methyl sites for hydroxylation is 1. The van der Waals surface area contributed by atoms with Crippen molar-refractivity contribution in [1.82, 2.24) is 0 Å². The number of rotatable bonds is 6. The lowest BCUT2D eigenvalue weighted by Gasteiger charge is -2.12. The van der Waals surface area contributed by atoms with Crippen LogP contribution in [-0.2, 0) is 0 Å². The van der Waals surface area contributed by atoms with Gasteiger partial charge in [-0.15, -0.1) is 0 Å². The molecule has 0 unspecified atom stereocenters. The fourth-order valence-electron chi connectivity index (χ4n) is 2.90. The zero-order chi connectivity index (χ0) is 13.7. The average molecular weight is 261 g/mol. The van der Waals surface area contributed by atoms with Crippen molar-refractivity contribution < 1.29 is 9.90 Å². The van der Waals surface area contributed by atoms with Crippen molar-refractivity contribution in [3.05, 3.63) is 29.3 Å². The van der Waals surface area contributed by atoms with Crippen molar-refractivity contribution in [2.75, 3.05) is 11.9 Å². The molecule has 2 rings (SSSR count). The monoisotopic (exact) mass is 261 g/mol. The molecule has 3 heteroatoms. The van der Waals surface area contributed by atoms with Crippen LogP contribution in [0.1, 0.15) is 54.4 Å². The van der Waals surface area contributed by atoms with Gasteiger partial charge in [0.05, 0.1) is 5.56 Å². The Morgan fingerprint density at radius 2 is 2.11 bits per heavy atom. The van der Waals surface area contributed by atoms with E-state index in [4.69, 9.17) is 0 Å². The minimum Gasteiger partial charge on any atom is -0.478 e. The van der Waals surface area contributed by atoms with Crippen molar-refractivity contribution >= 4 is 11.7 Å². The first-order chi connectivity index (χ1) is 9.16. The number of carboxylic acid groups (broad SMARTS) is 1. The molecule has 104 valence electrons. The molecule has 1 aliphatic rings. The average Bonchev–Trinajstić information content (AvgIpc) is 2.89. The number of carbonyl (C=O) groups is 1. The summed E-state index contributed by atoms with van der Waals surface area (Å²) >= 11 is 0. The van der Waals surface area contributed by atoms with E-state index in [1.54, 1.807) is 6.07 Å². The highest BCUT2D eigenvalue weighted by Crippen LogP contribution is 2.28. The summed E-state index contributed by atoms with van der Waals surface area (Å²) < 4.78 is 0. The molecule has 0 heterocycles. The lowest BCUT2D eigenvalue weighted by Crippen LogP contribution is -2.09. The zero-order valence-corrected chi connectivity index (χ0v) is 11.6. The van der Waals surface area contributed by atoms with Gasteiger partial charge in [0.1, 0.15) is 0 Å². The van der Waals surface area contributed by atoms with Gasteiger partial charge in [0, 0.05) is 12.2 Å². The van der Waals surface area contributed by atoms with Crippen LogP contribution in [0.5, 0.6) is 0 Å². The van der Waals surface area contributed by atoms with Gasteiger partial charge in [-0.3, -0.25) is 0 Å². The Kier molecular flexibility index (Phi) is 4.83. The normalized spacial score (nSPS) is 15.6. The Hall–Kier alpha value is -1.51. The second kappa shape index (κ2) is 6.60. The SMILES string of the molecule is Cc1ccc(NCCCC2CCCC2)c(C(=O)O)c1. The quantitative estimate of drug-likeness (QED) is 0.759. The molecule has 0 bridgehead atoms. The predicted octanol–water partition coefficient (Wildman–Crippen LogP) is 4.08. The van der Waals surface area contributed by atoms with Crippen LogP contribution >= 0.6 is 0 Å². The number of anilines is 1. The molecule has 19 heavy (non-hydrogen) atoms. The summed E-state index contributed by atoms with van der Waals surface area (Å²) in [5.41, 5.74) is 2.10. The fourth-order valence-corrected chi connectivity index (χ4v) is 2.90. The number of nitrogens with one attached hydrogen (secondary N) is 1. The topological polar surface area (TPSA) is 49.3 Å². The Bertz CT molecular complexity index is 436. The molecule has 1 aromatic carbocycles. The lowest BCUT2D eigenvalue weighted by atomic mass is 10.0. The van der Waals surface area contributed by atoms with Crippen LogP contribution in [0.25, 0.3) is 0 Å². The third kappa shape index (κ3) is 3.98. The number of hydrogen-bond donors (Lipinski definition) is 2. The van der Waals surface area contributed by atoms with Crippen LogP contribution in [0, 0.1) is 12.8 Å². The van der Waals surface area contributed by atoms with E-state index in [-0.39, 0.29) is 0 Å². The summed E-state index contributed by atoms with van der Waals surface area (Å²) in [5, 5.41) is 12.4. The Morgan fingerprint density at radius 1 is 1.37 bits per heavy atom. The first kappa shape index (κ1) is 13.9. The second-order valence-electron chi connectivity index (χ2n) is 5.57. The Labute approximate surface area is 115 Å². The molecule has 1 aliphatic carbocycles. The first-order valence-corrected chi connectivity index (χ1v) is 7.24. The molecule has 1 aromatic rings. The molecule has 3 nitrogen and oxygen atoms in total. The van der Waals surface area contributed by atoms with Gasteiger partial charge in [0.25, 0.3) is 0 Å². The van der Waals surface area contributed by atoms with Crippen molar-refractivity contribution in [3.8, 4) is 0 Å². The standard InChI is InChI=1S/C16H23NO2/c1-12-8-9-15(14(11-12)16(18)19)17-10-4-7-13-5-2-3-6-13/h8-9,11,13,17H,2-7,10H2,1H3,(H,18,19). The number of benzene rings is 1. The minimum atomic E-state index is -0.859. The number of hydrogen-bond acceptors (Lipinski definition) is 2. The van der Waals surface area contributed by atoms with E-state index in [9.17, 15) is 9.90 Å². The van der Waals surface area contributed by atoms with Gasteiger partial charge >= 0.3 is 5.97 Å². The summed E-state index contributed by atoms with van der Waals surface area (Å²) in [4.78, 5) is 11.2. The summed E-state index contributed by atoms with van der Waals surface area (Å²) in [6.45, 7) is 2.77. The maximum absolute atomic E-state index is 11.2. The van der Waals surface area contributed by atoms with Crippen molar-refractivity contribution in [3.63, 3.8) is 0 Å². The van der Waals surface area contributed by atoms with Crippen molar-refractivity contribution in [2.24, 2.45) is 5.92 Å². The molecule has 0 atom stereocenters. The molecule has 0 spiro atoms. The van der Waals surface area contributed by atoms with Crippen LogP contribution in [0.3, 0.4) is 0 Å². The summed E-state index contributed by atoms with van der Waals surface area (Å²) in [6, 6.07) is 5.54. The van der Waals surface area contributed by atoms with E-state index in [0.717, 1.165) is 30.1 Å². The molecule has 0 aliphatic heterocycles. The highest BCUT2D eigenvalue weighted by Gasteiger charge is 2.14. The third-order valence-corrected chi connectivity index (χ3v) is 3.98. The highest BCUT2D eigenvalue weighted by atomic mass is 16.4. The van der Waals surface area contributed by atoms with Gasteiger partial charge in [-0.05, 0) is 37.8 Å². The van der Waals surface area contributed by atoms with E-state index in [2.05, 4.69) is 5.32 Å². The van der Waals surface area contributed by atoms with Gasteiger partial charge in [0.2, 0.25) is 0 Å². The molecular formula is C16H23NO2.